The molecule has 2 heterocycles. The lowest BCUT2D eigenvalue weighted by Crippen LogP contribution is -1.96. The highest BCUT2D eigenvalue weighted by molar-refractivity contribution is 7.24. The normalized spacial score (nSPS) is 10.4. The highest BCUT2D eigenvalue weighted by Crippen LogP contribution is 2.39. The van der Waals surface area contributed by atoms with Crippen LogP contribution in [0.1, 0.15) is 9.67 Å². The van der Waals surface area contributed by atoms with Gasteiger partial charge in [0.2, 0.25) is 0 Å². The second kappa shape index (κ2) is 4.15. The van der Waals surface area contributed by atoms with Crippen LogP contribution in [0.5, 0.6) is 0 Å². The van der Waals surface area contributed by atoms with Crippen molar-refractivity contribution in [3.63, 3.8) is 0 Å². The van der Waals surface area contributed by atoms with Gasteiger partial charge in [0.05, 0.1) is 15.5 Å². The number of nitrogens with two attached hydrogens (primary N) is 1. The molecule has 8 heteroatoms. The second-order valence-corrected chi connectivity index (χ2v) is 5.21. The average Bonchev–Trinajstić information content (AvgIpc) is 2.82. The van der Waals surface area contributed by atoms with E-state index in [2.05, 4.69) is 0 Å². The zero-order valence-electron chi connectivity index (χ0n) is 8.25. The summed E-state index contributed by atoms with van der Waals surface area (Å²) in [6.07, 6.45) is 0. The van der Waals surface area contributed by atoms with Crippen molar-refractivity contribution in [2.24, 2.45) is 0 Å². The van der Waals surface area contributed by atoms with Gasteiger partial charge >= 0.3 is 11.0 Å². The minimum atomic E-state index is -1.09. The van der Waals surface area contributed by atoms with E-state index in [0.29, 0.717) is 9.75 Å². The summed E-state index contributed by atoms with van der Waals surface area (Å²) in [5.41, 5.74) is 5.72. The van der Waals surface area contributed by atoms with Crippen LogP contribution >= 0.6 is 22.7 Å². The van der Waals surface area contributed by atoms with Crippen molar-refractivity contribution in [2.75, 3.05) is 5.73 Å². The van der Waals surface area contributed by atoms with Gasteiger partial charge in [0.1, 0.15) is 4.88 Å². The van der Waals surface area contributed by atoms with E-state index in [1.807, 2.05) is 0 Å². The molecular formula is C9H6N2O4S2. The van der Waals surface area contributed by atoms with Crippen LogP contribution in [0.25, 0.3) is 9.75 Å². The monoisotopic (exact) mass is 270 g/mol. The first kappa shape index (κ1) is 11.6. The van der Waals surface area contributed by atoms with Crippen molar-refractivity contribution >= 4 is 39.3 Å². The molecule has 0 saturated carbocycles. The molecule has 0 bridgehead atoms. The van der Waals surface area contributed by atoms with Crippen LogP contribution in [0.3, 0.4) is 0 Å². The van der Waals surface area contributed by atoms with E-state index in [1.165, 1.54) is 12.1 Å². The molecule has 0 unspecified atom stereocenters. The highest BCUT2D eigenvalue weighted by Gasteiger charge is 2.17. The van der Waals surface area contributed by atoms with Crippen molar-refractivity contribution in [1.29, 1.82) is 0 Å². The molecule has 0 aliphatic carbocycles. The number of thiophene rings is 2. The highest BCUT2D eigenvalue weighted by atomic mass is 32.1. The maximum Gasteiger partial charge on any atom is 0.348 e. The first-order chi connectivity index (χ1) is 7.99. The maximum atomic E-state index is 10.8. The summed E-state index contributed by atoms with van der Waals surface area (Å²) in [6.45, 7) is 0. The molecule has 17 heavy (non-hydrogen) atoms. The van der Waals surface area contributed by atoms with Gasteiger partial charge in [-0.25, -0.2) is 4.79 Å². The molecule has 2 aromatic rings. The number of nitrogens with zero attached hydrogens (tertiary/aromatic N) is 1. The molecule has 0 fully saturated rings. The average molecular weight is 270 g/mol. The van der Waals surface area contributed by atoms with E-state index in [-0.39, 0.29) is 15.6 Å². The van der Waals surface area contributed by atoms with Crippen LogP contribution in [-0.4, -0.2) is 16.0 Å². The standard InChI is InChI=1S/C9H6N2O4S2/c10-4-3-6(17-8(4)9(12)13)5-1-2-7(16-5)11(14)15/h1-3H,10H2,(H,12,13). The van der Waals surface area contributed by atoms with Crippen LogP contribution in [-0.2, 0) is 0 Å². The summed E-state index contributed by atoms with van der Waals surface area (Å²) in [6, 6.07) is 4.49. The molecule has 0 aliphatic heterocycles. The molecule has 0 atom stereocenters. The Morgan fingerprint density at radius 1 is 1.35 bits per heavy atom. The lowest BCUT2D eigenvalue weighted by atomic mass is 10.3. The number of carboxylic acids is 1. The van der Waals surface area contributed by atoms with Crippen LogP contribution in [0.15, 0.2) is 18.2 Å². The Labute approximate surface area is 103 Å². The first-order valence-corrected chi connectivity index (χ1v) is 5.99. The molecule has 0 saturated heterocycles. The van der Waals surface area contributed by atoms with E-state index in [1.54, 1.807) is 6.07 Å². The number of aromatic carboxylic acids is 1. The number of anilines is 1. The molecule has 2 rings (SSSR count). The van der Waals surface area contributed by atoms with Crippen molar-refractivity contribution in [1.82, 2.24) is 0 Å². The fourth-order valence-electron chi connectivity index (χ4n) is 1.25. The summed E-state index contributed by atoms with van der Waals surface area (Å²) in [7, 11) is 0. The van der Waals surface area contributed by atoms with E-state index >= 15 is 0 Å². The van der Waals surface area contributed by atoms with Gasteiger partial charge in [0.25, 0.3) is 0 Å². The van der Waals surface area contributed by atoms with Gasteiger partial charge in [-0.3, -0.25) is 10.1 Å². The third kappa shape index (κ3) is 2.12. The third-order valence-electron chi connectivity index (χ3n) is 1.97. The zero-order valence-corrected chi connectivity index (χ0v) is 9.88. The van der Waals surface area contributed by atoms with Gasteiger partial charge in [0.15, 0.2) is 0 Å². The minimum Gasteiger partial charge on any atom is -0.477 e. The van der Waals surface area contributed by atoms with Gasteiger partial charge in [-0.05, 0) is 12.1 Å². The molecule has 0 spiro atoms. The predicted octanol–water partition coefficient (Wildman–Crippen LogP) is 2.67. The number of nitro groups is 1. The van der Waals surface area contributed by atoms with Crippen LogP contribution in [0, 0.1) is 10.1 Å². The Morgan fingerprint density at radius 3 is 2.53 bits per heavy atom. The van der Waals surface area contributed by atoms with Gasteiger partial charge in [0, 0.05) is 10.9 Å². The number of carbonyl (C=O) groups is 1. The summed E-state index contributed by atoms with van der Waals surface area (Å²) < 4.78 is 0. The van der Waals surface area contributed by atoms with Crippen molar-refractivity contribution in [2.45, 2.75) is 0 Å². The molecule has 0 amide bonds. The summed E-state index contributed by atoms with van der Waals surface area (Å²) in [5.74, 6) is -1.09. The quantitative estimate of drug-likeness (QED) is 0.658. The van der Waals surface area contributed by atoms with Crippen molar-refractivity contribution < 1.29 is 14.8 Å². The molecular weight excluding hydrogens is 264 g/mol. The van der Waals surface area contributed by atoms with Crippen molar-refractivity contribution in [3.8, 4) is 9.75 Å². The lowest BCUT2D eigenvalue weighted by Gasteiger charge is -1.87. The second-order valence-electron chi connectivity index (χ2n) is 3.10. The Balaban J connectivity index is 2.42. The topological polar surface area (TPSA) is 106 Å². The predicted molar refractivity (Wildman–Crippen MR) is 65.7 cm³/mol. The lowest BCUT2D eigenvalue weighted by molar-refractivity contribution is -0.380. The van der Waals surface area contributed by atoms with Crippen LogP contribution in [0.4, 0.5) is 10.7 Å². The fourth-order valence-corrected chi connectivity index (χ4v) is 3.07. The Bertz CT molecular complexity index is 602. The molecule has 6 nitrogen and oxygen atoms in total. The van der Waals surface area contributed by atoms with Gasteiger partial charge in [-0.2, -0.15) is 0 Å². The van der Waals surface area contributed by atoms with Gasteiger partial charge < -0.3 is 10.8 Å². The first-order valence-electron chi connectivity index (χ1n) is 4.36. The summed E-state index contributed by atoms with van der Waals surface area (Å²) >= 11 is 2.00. The Hall–Kier alpha value is -1.93. The maximum absolute atomic E-state index is 10.8. The van der Waals surface area contributed by atoms with E-state index in [9.17, 15) is 14.9 Å². The summed E-state index contributed by atoms with van der Waals surface area (Å²) in [5, 5.41) is 19.4. The number of nitrogen functional groups attached to an aromatic ring is 1. The number of hydrogen-bond acceptors (Lipinski definition) is 6. The zero-order chi connectivity index (χ0) is 12.6. The number of hydrogen-bond donors (Lipinski definition) is 2. The van der Waals surface area contributed by atoms with E-state index in [4.69, 9.17) is 10.8 Å². The SMILES string of the molecule is Nc1cc(-c2ccc([N+](=O)[O-])s2)sc1C(=O)O. The summed E-state index contributed by atoms with van der Waals surface area (Å²) in [4.78, 5) is 22.2. The van der Waals surface area contributed by atoms with Gasteiger partial charge in [-0.15, -0.1) is 11.3 Å². The molecule has 88 valence electrons. The van der Waals surface area contributed by atoms with Crippen molar-refractivity contribution in [3.05, 3.63) is 33.2 Å². The largest absolute Gasteiger partial charge is 0.477 e. The third-order valence-corrected chi connectivity index (χ3v) is 4.34. The van der Waals surface area contributed by atoms with Gasteiger partial charge in [-0.1, -0.05) is 11.3 Å². The Morgan fingerprint density at radius 2 is 2.06 bits per heavy atom. The molecule has 0 aliphatic rings. The number of carboxylic acid groups (broad SMARTS) is 1. The Kier molecular flexibility index (Phi) is 2.82. The van der Waals surface area contributed by atoms with Crippen LogP contribution in [0.2, 0.25) is 0 Å². The molecule has 3 N–H and O–H groups in total. The number of rotatable bonds is 3. The van der Waals surface area contributed by atoms with E-state index < -0.39 is 10.9 Å². The fraction of sp³-hybridized carbons (Fsp3) is 0. The smallest absolute Gasteiger partial charge is 0.348 e. The van der Waals surface area contributed by atoms with E-state index in [0.717, 1.165) is 22.7 Å². The molecule has 2 aromatic heterocycles. The minimum absolute atomic E-state index is 0.0175. The molecule has 0 aromatic carbocycles. The van der Waals surface area contributed by atoms with Crippen LogP contribution < -0.4 is 5.73 Å². The molecule has 0 radical (unpaired) electrons.